The lowest BCUT2D eigenvalue weighted by Crippen LogP contribution is -2.30. The number of rotatable bonds is 8. The van der Waals surface area contributed by atoms with E-state index in [0.717, 1.165) is 71.1 Å². The van der Waals surface area contributed by atoms with E-state index in [-0.39, 0.29) is 11.5 Å². The van der Waals surface area contributed by atoms with Gasteiger partial charge >= 0.3 is 0 Å². The summed E-state index contributed by atoms with van der Waals surface area (Å²) in [5, 5.41) is 4.92. The van der Waals surface area contributed by atoms with Gasteiger partial charge < -0.3 is 19.4 Å². The van der Waals surface area contributed by atoms with Gasteiger partial charge in [-0.25, -0.2) is 0 Å². The van der Waals surface area contributed by atoms with Crippen molar-refractivity contribution >= 4 is 11.3 Å². The molecule has 188 valence electrons. The minimum Gasteiger partial charge on any atom is -0.497 e. The van der Waals surface area contributed by atoms with Gasteiger partial charge in [0, 0.05) is 49.5 Å². The molecule has 3 heterocycles. The molecule has 1 fully saturated rings. The number of H-pyrrole nitrogens is 1. The molecule has 4 aromatic rings. The van der Waals surface area contributed by atoms with E-state index >= 15 is 0 Å². The number of methoxy groups -OCH3 is 2. The topological polar surface area (TPSA) is 71.9 Å². The van der Waals surface area contributed by atoms with Crippen LogP contribution in [0, 0.1) is 6.92 Å². The van der Waals surface area contributed by atoms with Crippen LogP contribution in [0.2, 0.25) is 0 Å². The van der Waals surface area contributed by atoms with E-state index < -0.39 is 0 Å². The Labute approximate surface area is 211 Å². The maximum Gasteiger partial charge on any atom is 0.278 e. The summed E-state index contributed by atoms with van der Waals surface area (Å²) >= 11 is 0. The highest BCUT2D eigenvalue weighted by molar-refractivity contribution is 5.86. The number of aromatic amines is 1. The number of aryl methyl sites for hydroxylation is 1. The molecule has 1 saturated heterocycles. The molecule has 7 heteroatoms. The highest BCUT2D eigenvalue weighted by Gasteiger charge is 2.27. The molecule has 1 aliphatic rings. The Morgan fingerprint density at radius 1 is 1.00 bits per heavy atom. The predicted octanol–water partition coefficient (Wildman–Crippen LogP) is 5.17. The van der Waals surface area contributed by atoms with E-state index in [9.17, 15) is 4.79 Å². The van der Waals surface area contributed by atoms with Crippen LogP contribution in [0.1, 0.15) is 48.4 Å². The summed E-state index contributed by atoms with van der Waals surface area (Å²) in [4.78, 5) is 20.1. The van der Waals surface area contributed by atoms with Gasteiger partial charge in [-0.2, -0.15) is 9.61 Å². The van der Waals surface area contributed by atoms with Gasteiger partial charge in [0.1, 0.15) is 17.1 Å². The van der Waals surface area contributed by atoms with Crippen LogP contribution in [-0.2, 0) is 4.74 Å². The Kier molecular flexibility index (Phi) is 7.09. The van der Waals surface area contributed by atoms with Crippen molar-refractivity contribution in [2.45, 2.75) is 38.5 Å². The molecule has 36 heavy (non-hydrogen) atoms. The summed E-state index contributed by atoms with van der Waals surface area (Å²) in [7, 11) is 3.35. The molecule has 1 atom stereocenters. The molecule has 5 rings (SSSR count). The van der Waals surface area contributed by atoms with Crippen LogP contribution in [0.15, 0.2) is 59.4 Å². The van der Waals surface area contributed by atoms with E-state index in [1.807, 2.05) is 49.4 Å². The van der Waals surface area contributed by atoms with Crippen LogP contribution in [-0.4, -0.2) is 48.5 Å². The highest BCUT2D eigenvalue weighted by atomic mass is 16.5. The second-order valence-corrected chi connectivity index (χ2v) is 9.45. The van der Waals surface area contributed by atoms with E-state index in [4.69, 9.17) is 14.6 Å². The number of aromatic nitrogens is 3. The molecule has 0 bridgehead atoms. The maximum absolute atomic E-state index is 14.1. The SMILES string of the molecule is COCCC(c1ccc(OC)cc1)c1c(C)[nH]c2c(N3CCCCC3)c(-c3ccccc3)nn2c1=O. The number of fused-ring (bicyclic) bond motifs is 1. The molecule has 2 aromatic heterocycles. The first-order valence-corrected chi connectivity index (χ1v) is 12.7. The van der Waals surface area contributed by atoms with Gasteiger partial charge in [-0.05, 0) is 50.3 Å². The summed E-state index contributed by atoms with van der Waals surface area (Å²) in [5.74, 6) is 0.655. The van der Waals surface area contributed by atoms with Gasteiger partial charge in [0.05, 0.1) is 7.11 Å². The van der Waals surface area contributed by atoms with E-state index in [1.165, 1.54) is 6.42 Å². The number of nitrogens with zero attached hydrogens (tertiary/aromatic N) is 3. The smallest absolute Gasteiger partial charge is 0.278 e. The first-order valence-electron chi connectivity index (χ1n) is 12.7. The molecule has 0 amide bonds. The summed E-state index contributed by atoms with van der Waals surface area (Å²) in [6, 6.07) is 18.1. The molecule has 0 aliphatic carbocycles. The van der Waals surface area contributed by atoms with Crippen molar-refractivity contribution in [1.82, 2.24) is 14.6 Å². The van der Waals surface area contributed by atoms with Crippen molar-refractivity contribution in [3.8, 4) is 17.0 Å². The fourth-order valence-electron chi connectivity index (χ4n) is 5.36. The third-order valence-corrected chi connectivity index (χ3v) is 7.19. The normalized spacial score (nSPS) is 14.8. The Balaban J connectivity index is 1.70. The number of piperidine rings is 1. The molecule has 2 aromatic carbocycles. The summed E-state index contributed by atoms with van der Waals surface area (Å²) < 4.78 is 12.3. The van der Waals surface area contributed by atoms with Crippen LogP contribution in [0.25, 0.3) is 16.9 Å². The Morgan fingerprint density at radius 3 is 2.39 bits per heavy atom. The minimum atomic E-state index is -0.133. The van der Waals surface area contributed by atoms with Gasteiger partial charge in [0.25, 0.3) is 5.56 Å². The van der Waals surface area contributed by atoms with Crippen LogP contribution in [0.5, 0.6) is 5.75 Å². The fraction of sp³-hybridized carbons (Fsp3) is 0.379. The average molecular weight is 487 g/mol. The largest absolute Gasteiger partial charge is 0.497 e. The second kappa shape index (κ2) is 10.6. The van der Waals surface area contributed by atoms with Crippen molar-refractivity contribution < 1.29 is 9.47 Å². The summed E-state index contributed by atoms with van der Waals surface area (Å²) in [6.07, 6.45) is 4.20. The Morgan fingerprint density at radius 2 is 1.72 bits per heavy atom. The molecule has 0 saturated carbocycles. The minimum absolute atomic E-state index is 0.0846. The first-order chi connectivity index (χ1) is 17.6. The lowest BCUT2D eigenvalue weighted by atomic mass is 9.88. The second-order valence-electron chi connectivity index (χ2n) is 9.45. The van der Waals surface area contributed by atoms with Gasteiger partial charge in [-0.3, -0.25) is 4.79 Å². The van der Waals surface area contributed by atoms with Gasteiger partial charge in [-0.1, -0.05) is 42.5 Å². The van der Waals surface area contributed by atoms with Crippen molar-refractivity contribution in [2.24, 2.45) is 0 Å². The van der Waals surface area contributed by atoms with Crippen molar-refractivity contribution in [1.29, 1.82) is 0 Å². The number of hydrogen-bond donors (Lipinski definition) is 1. The number of ether oxygens (including phenoxy) is 2. The fourth-order valence-corrected chi connectivity index (χ4v) is 5.36. The Bertz CT molecular complexity index is 1370. The lowest BCUT2D eigenvalue weighted by Gasteiger charge is -2.28. The van der Waals surface area contributed by atoms with E-state index in [1.54, 1.807) is 18.7 Å². The number of benzene rings is 2. The van der Waals surface area contributed by atoms with Crippen LogP contribution < -0.4 is 15.2 Å². The van der Waals surface area contributed by atoms with Crippen molar-refractivity contribution in [3.05, 3.63) is 81.8 Å². The third kappa shape index (κ3) is 4.51. The monoisotopic (exact) mass is 486 g/mol. The predicted molar refractivity (Wildman–Crippen MR) is 143 cm³/mol. The van der Waals surface area contributed by atoms with Gasteiger partial charge in [0.2, 0.25) is 0 Å². The van der Waals surface area contributed by atoms with Crippen LogP contribution in [0.4, 0.5) is 5.69 Å². The maximum atomic E-state index is 14.1. The number of anilines is 1. The molecular formula is C29H34N4O3. The highest BCUT2D eigenvalue weighted by Crippen LogP contribution is 2.36. The lowest BCUT2D eigenvalue weighted by molar-refractivity contribution is 0.191. The third-order valence-electron chi connectivity index (χ3n) is 7.19. The zero-order chi connectivity index (χ0) is 25.1. The zero-order valence-corrected chi connectivity index (χ0v) is 21.3. The van der Waals surface area contributed by atoms with Crippen LogP contribution in [0.3, 0.4) is 0 Å². The molecule has 1 unspecified atom stereocenters. The standard InChI is InChI=1S/C29H34N4O3/c1-20-25(24(16-19-35-2)21-12-14-23(36-3)15-13-21)29(34)33-28(30-20)27(32-17-8-5-9-18-32)26(31-33)22-10-6-4-7-11-22/h4,6-7,10-15,24,30H,5,8-9,16-19H2,1-3H3. The summed E-state index contributed by atoms with van der Waals surface area (Å²) in [6.45, 7) is 4.47. The molecular weight excluding hydrogens is 452 g/mol. The quantitative estimate of drug-likeness (QED) is 0.372. The number of hydrogen-bond acceptors (Lipinski definition) is 5. The van der Waals surface area contributed by atoms with E-state index in [0.29, 0.717) is 13.0 Å². The molecule has 7 nitrogen and oxygen atoms in total. The first kappa shape index (κ1) is 24.1. The molecule has 1 N–H and O–H groups in total. The zero-order valence-electron chi connectivity index (χ0n) is 21.3. The summed E-state index contributed by atoms with van der Waals surface area (Å²) in [5.41, 5.74) is 6.19. The molecule has 0 spiro atoms. The van der Waals surface area contributed by atoms with E-state index in [2.05, 4.69) is 22.0 Å². The van der Waals surface area contributed by atoms with Gasteiger partial charge in [-0.15, -0.1) is 0 Å². The van der Waals surface area contributed by atoms with Crippen LogP contribution >= 0.6 is 0 Å². The molecule has 0 radical (unpaired) electrons. The Hall–Kier alpha value is -3.58. The number of nitrogens with one attached hydrogen (secondary N) is 1. The van der Waals surface area contributed by atoms with Crippen molar-refractivity contribution in [3.63, 3.8) is 0 Å². The van der Waals surface area contributed by atoms with Crippen molar-refractivity contribution in [2.75, 3.05) is 38.8 Å². The average Bonchev–Trinajstić information content (AvgIpc) is 3.31. The molecule has 1 aliphatic heterocycles. The van der Waals surface area contributed by atoms with Gasteiger partial charge in [0.15, 0.2) is 5.65 Å².